The second-order valence-corrected chi connectivity index (χ2v) is 3.63. The van der Waals surface area contributed by atoms with Gasteiger partial charge in [-0.05, 0) is 30.7 Å². The first-order valence-corrected chi connectivity index (χ1v) is 5.41. The average Bonchev–Trinajstić information content (AvgIpc) is 2.70. The smallest absolute Gasteiger partial charge is 0.387 e. The highest BCUT2D eigenvalue weighted by molar-refractivity contribution is 5.66. The summed E-state index contributed by atoms with van der Waals surface area (Å²) in [5, 5.41) is 3.69. The summed E-state index contributed by atoms with van der Waals surface area (Å²) in [5.41, 5.74) is 7.18. The summed E-state index contributed by atoms with van der Waals surface area (Å²) in [6, 6.07) is 6.13. The van der Waals surface area contributed by atoms with E-state index in [-0.39, 0.29) is 5.75 Å². The van der Waals surface area contributed by atoms with Crippen LogP contribution in [0.2, 0.25) is 0 Å². The predicted octanol–water partition coefficient (Wildman–Crippen LogP) is 3.09. The molecule has 18 heavy (non-hydrogen) atoms. The molecule has 1 aromatic heterocycles. The molecule has 0 spiro atoms. The Morgan fingerprint density at radius 2 is 2.00 bits per heavy atom. The maximum Gasteiger partial charge on any atom is 0.387 e. The van der Waals surface area contributed by atoms with Crippen LogP contribution in [0, 0.1) is 0 Å². The Labute approximate surface area is 102 Å². The van der Waals surface area contributed by atoms with Gasteiger partial charge in [0.15, 0.2) is 11.6 Å². The number of rotatable bonds is 4. The van der Waals surface area contributed by atoms with Gasteiger partial charge in [0.1, 0.15) is 5.75 Å². The van der Waals surface area contributed by atoms with Gasteiger partial charge < -0.3 is 15.0 Å². The average molecular weight is 254 g/mol. The largest absolute Gasteiger partial charge is 0.435 e. The standard InChI is InChI=1S/C12H12F2N2O2/c1-2-9-10(18-16-11(9)15)7-3-5-8(6-4-7)17-12(13)14/h3-6,12H,2H2,1H3,(H2,15,16). The van der Waals surface area contributed by atoms with E-state index in [0.29, 0.717) is 18.0 Å². The number of nitrogens with zero attached hydrogens (tertiary/aromatic N) is 1. The van der Waals surface area contributed by atoms with E-state index in [2.05, 4.69) is 9.89 Å². The van der Waals surface area contributed by atoms with Crippen molar-refractivity contribution in [2.75, 3.05) is 5.73 Å². The Morgan fingerprint density at radius 3 is 2.56 bits per heavy atom. The van der Waals surface area contributed by atoms with Crippen LogP contribution >= 0.6 is 0 Å². The number of ether oxygens (including phenoxy) is 1. The lowest BCUT2D eigenvalue weighted by molar-refractivity contribution is -0.0498. The SMILES string of the molecule is CCc1c(N)noc1-c1ccc(OC(F)F)cc1. The maximum absolute atomic E-state index is 12.0. The van der Waals surface area contributed by atoms with Gasteiger partial charge in [0, 0.05) is 11.1 Å². The fraction of sp³-hybridized carbons (Fsp3) is 0.250. The molecule has 1 heterocycles. The molecule has 0 saturated heterocycles. The maximum atomic E-state index is 12.0. The molecule has 0 aliphatic rings. The summed E-state index contributed by atoms with van der Waals surface area (Å²) in [6.45, 7) is -0.899. The topological polar surface area (TPSA) is 61.3 Å². The number of hydrogen-bond donors (Lipinski definition) is 1. The molecule has 0 aliphatic heterocycles. The van der Waals surface area contributed by atoms with E-state index in [9.17, 15) is 8.78 Å². The van der Waals surface area contributed by atoms with Crippen LogP contribution in [0.15, 0.2) is 28.8 Å². The summed E-state index contributed by atoms with van der Waals surface area (Å²) in [6.07, 6.45) is 0.681. The third kappa shape index (κ3) is 2.42. The Balaban J connectivity index is 2.28. The van der Waals surface area contributed by atoms with Gasteiger partial charge in [-0.3, -0.25) is 0 Å². The number of nitrogens with two attached hydrogens (primary N) is 1. The predicted molar refractivity (Wildman–Crippen MR) is 62.4 cm³/mol. The van der Waals surface area contributed by atoms with Crippen molar-refractivity contribution < 1.29 is 18.0 Å². The quantitative estimate of drug-likeness (QED) is 0.910. The molecular formula is C12H12F2N2O2. The van der Waals surface area contributed by atoms with E-state index in [4.69, 9.17) is 10.3 Å². The number of nitrogen functional groups attached to an aromatic ring is 1. The second-order valence-electron chi connectivity index (χ2n) is 3.63. The van der Waals surface area contributed by atoms with E-state index in [1.165, 1.54) is 12.1 Å². The van der Waals surface area contributed by atoms with Crippen molar-refractivity contribution in [2.24, 2.45) is 0 Å². The molecule has 4 nitrogen and oxygen atoms in total. The molecule has 96 valence electrons. The van der Waals surface area contributed by atoms with Crippen LogP contribution in [-0.2, 0) is 6.42 Å². The summed E-state index contributed by atoms with van der Waals surface area (Å²) >= 11 is 0. The highest BCUT2D eigenvalue weighted by Crippen LogP contribution is 2.29. The first-order chi connectivity index (χ1) is 8.61. The monoisotopic (exact) mass is 254 g/mol. The lowest BCUT2D eigenvalue weighted by atomic mass is 10.1. The van der Waals surface area contributed by atoms with Crippen LogP contribution in [0.25, 0.3) is 11.3 Å². The Kier molecular flexibility index (Phi) is 3.45. The second kappa shape index (κ2) is 5.03. The zero-order chi connectivity index (χ0) is 13.1. The molecule has 2 N–H and O–H groups in total. The summed E-state index contributed by atoms with van der Waals surface area (Å²) in [5.74, 6) is 0.998. The fourth-order valence-electron chi connectivity index (χ4n) is 1.68. The van der Waals surface area contributed by atoms with Crippen LogP contribution in [0.1, 0.15) is 12.5 Å². The van der Waals surface area contributed by atoms with Gasteiger partial charge >= 0.3 is 6.61 Å². The normalized spacial score (nSPS) is 10.9. The first-order valence-electron chi connectivity index (χ1n) is 5.41. The highest BCUT2D eigenvalue weighted by atomic mass is 19.3. The van der Waals surface area contributed by atoms with E-state index in [1.54, 1.807) is 12.1 Å². The molecule has 2 rings (SSSR count). The Hall–Kier alpha value is -2.11. The molecule has 6 heteroatoms. The minimum Gasteiger partial charge on any atom is -0.435 e. The first kappa shape index (κ1) is 12.3. The van der Waals surface area contributed by atoms with Crippen LogP contribution in [0.5, 0.6) is 5.75 Å². The molecule has 2 aromatic rings. The van der Waals surface area contributed by atoms with E-state index in [1.807, 2.05) is 6.92 Å². The van der Waals surface area contributed by atoms with E-state index < -0.39 is 6.61 Å². The van der Waals surface area contributed by atoms with E-state index in [0.717, 1.165) is 11.1 Å². The van der Waals surface area contributed by atoms with Crippen LogP contribution in [0.3, 0.4) is 0 Å². The molecule has 1 aromatic carbocycles. The van der Waals surface area contributed by atoms with Gasteiger partial charge in [-0.25, -0.2) is 0 Å². The number of hydrogen-bond acceptors (Lipinski definition) is 4. The van der Waals surface area contributed by atoms with Crippen LogP contribution in [-0.4, -0.2) is 11.8 Å². The summed E-state index contributed by atoms with van der Waals surface area (Å²) in [7, 11) is 0. The van der Waals surface area contributed by atoms with Gasteiger partial charge in [0.05, 0.1) is 0 Å². The molecule has 0 saturated carbocycles. The summed E-state index contributed by atoms with van der Waals surface area (Å²) < 4.78 is 33.4. The van der Waals surface area contributed by atoms with Gasteiger partial charge in [-0.2, -0.15) is 8.78 Å². The third-order valence-electron chi connectivity index (χ3n) is 2.51. The molecule has 0 atom stereocenters. The van der Waals surface area contributed by atoms with Crippen molar-refractivity contribution in [1.29, 1.82) is 0 Å². The Bertz CT molecular complexity index is 523. The zero-order valence-electron chi connectivity index (χ0n) is 9.69. The number of benzene rings is 1. The van der Waals surface area contributed by atoms with Crippen molar-refractivity contribution in [3.8, 4) is 17.1 Å². The Morgan fingerprint density at radius 1 is 1.33 bits per heavy atom. The number of anilines is 1. The zero-order valence-corrected chi connectivity index (χ0v) is 9.69. The van der Waals surface area contributed by atoms with Gasteiger partial charge in [-0.1, -0.05) is 12.1 Å². The van der Waals surface area contributed by atoms with Crippen molar-refractivity contribution in [2.45, 2.75) is 20.0 Å². The molecule has 0 bridgehead atoms. The number of alkyl halides is 2. The minimum atomic E-state index is -2.83. The highest BCUT2D eigenvalue weighted by Gasteiger charge is 2.14. The lowest BCUT2D eigenvalue weighted by Gasteiger charge is -2.05. The molecule has 0 amide bonds. The molecule has 0 fully saturated rings. The summed E-state index contributed by atoms with van der Waals surface area (Å²) in [4.78, 5) is 0. The number of aromatic nitrogens is 1. The van der Waals surface area contributed by atoms with Crippen molar-refractivity contribution in [3.05, 3.63) is 29.8 Å². The lowest BCUT2D eigenvalue weighted by Crippen LogP contribution is -2.01. The molecule has 0 aliphatic carbocycles. The van der Waals surface area contributed by atoms with Gasteiger partial charge in [0.25, 0.3) is 0 Å². The van der Waals surface area contributed by atoms with Crippen molar-refractivity contribution >= 4 is 5.82 Å². The van der Waals surface area contributed by atoms with Crippen molar-refractivity contribution in [3.63, 3.8) is 0 Å². The van der Waals surface area contributed by atoms with Gasteiger partial charge in [-0.15, -0.1) is 0 Å². The molecule has 0 unspecified atom stereocenters. The van der Waals surface area contributed by atoms with Crippen LogP contribution in [0.4, 0.5) is 14.6 Å². The molecular weight excluding hydrogens is 242 g/mol. The van der Waals surface area contributed by atoms with Crippen molar-refractivity contribution in [1.82, 2.24) is 5.16 Å². The fourth-order valence-corrected chi connectivity index (χ4v) is 1.68. The third-order valence-corrected chi connectivity index (χ3v) is 2.51. The van der Waals surface area contributed by atoms with E-state index >= 15 is 0 Å². The minimum absolute atomic E-state index is 0.0966. The molecule has 0 radical (unpaired) electrons. The van der Waals surface area contributed by atoms with Gasteiger partial charge in [0.2, 0.25) is 0 Å². The number of halogens is 2. The van der Waals surface area contributed by atoms with Crippen LogP contribution < -0.4 is 10.5 Å².